The zero-order valence-electron chi connectivity index (χ0n) is 13.9. The van der Waals surface area contributed by atoms with Gasteiger partial charge in [-0.3, -0.25) is 4.79 Å². The Balaban J connectivity index is 1.45. The van der Waals surface area contributed by atoms with Gasteiger partial charge < -0.3 is 15.5 Å². The zero-order valence-corrected chi connectivity index (χ0v) is 13.9. The van der Waals surface area contributed by atoms with Crippen LogP contribution >= 0.6 is 0 Å². The van der Waals surface area contributed by atoms with E-state index in [0.29, 0.717) is 0 Å². The predicted molar refractivity (Wildman–Crippen MR) is 96.0 cm³/mol. The van der Waals surface area contributed by atoms with Crippen LogP contribution in [0.25, 0.3) is 0 Å². The molecule has 0 aliphatic carbocycles. The summed E-state index contributed by atoms with van der Waals surface area (Å²) in [5.74, 6) is -1.46. The molecule has 1 aliphatic rings. The third-order valence-corrected chi connectivity index (χ3v) is 4.22. The third-order valence-electron chi connectivity index (χ3n) is 4.22. The number of rotatable bonds is 6. The van der Waals surface area contributed by atoms with Crippen molar-refractivity contribution >= 4 is 23.0 Å². The van der Waals surface area contributed by atoms with Gasteiger partial charge in [0.1, 0.15) is 11.6 Å². The monoisotopic (exact) mass is 345 g/mol. The first-order valence-corrected chi connectivity index (χ1v) is 8.45. The van der Waals surface area contributed by atoms with Crippen LogP contribution < -0.4 is 15.5 Å². The van der Waals surface area contributed by atoms with Crippen molar-refractivity contribution in [3.8, 4) is 0 Å². The Kier molecular flexibility index (Phi) is 5.48. The number of hydrogen-bond acceptors (Lipinski definition) is 3. The lowest BCUT2D eigenvalue weighted by Crippen LogP contribution is -2.18. The Morgan fingerprint density at radius 1 is 1.04 bits per heavy atom. The van der Waals surface area contributed by atoms with E-state index >= 15 is 0 Å². The molecule has 0 aromatic heterocycles. The minimum absolute atomic E-state index is 0.163. The molecule has 2 aromatic rings. The number of carbonyl (C=O) groups excluding carboxylic acids is 1. The quantitative estimate of drug-likeness (QED) is 0.832. The SMILES string of the molecule is O=C(CCNc1ccc(F)cc1F)Nc1ccc(N2CCCC2)cc1. The highest BCUT2D eigenvalue weighted by Gasteiger charge is 2.12. The molecule has 2 N–H and O–H groups in total. The van der Waals surface area contributed by atoms with Crippen LogP contribution in [0.1, 0.15) is 19.3 Å². The van der Waals surface area contributed by atoms with Gasteiger partial charge in [-0.2, -0.15) is 0 Å². The van der Waals surface area contributed by atoms with Crippen LogP contribution in [0.2, 0.25) is 0 Å². The first-order chi connectivity index (χ1) is 12.1. The predicted octanol–water partition coefficient (Wildman–Crippen LogP) is 4.01. The summed E-state index contributed by atoms with van der Waals surface area (Å²) in [6.45, 7) is 2.43. The lowest BCUT2D eigenvalue weighted by molar-refractivity contribution is -0.115. The van der Waals surface area contributed by atoms with Crippen LogP contribution in [0.3, 0.4) is 0 Å². The van der Waals surface area contributed by atoms with Gasteiger partial charge >= 0.3 is 0 Å². The Bertz CT molecular complexity index is 728. The maximum Gasteiger partial charge on any atom is 0.226 e. The van der Waals surface area contributed by atoms with E-state index in [1.54, 1.807) is 0 Å². The lowest BCUT2D eigenvalue weighted by atomic mass is 10.2. The fourth-order valence-corrected chi connectivity index (χ4v) is 2.90. The van der Waals surface area contributed by atoms with Crippen molar-refractivity contribution in [2.24, 2.45) is 0 Å². The van der Waals surface area contributed by atoms with Gasteiger partial charge in [0.25, 0.3) is 0 Å². The maximum atomic E-state index is 13.5. The molecule has 132 valence electrons. The summed E-state index contributed by atoms with van der Waals surface area (Å²) in [7, 11) is 0. The fourth-order valence-electron chi connectivity index (χ4n) is 2.90. The average Bonchev–Trinajstić information content (AvgIpc) is 3.12. The Morgan fingerprint density at radius 2 is 1.76 bits per heavy atom. The number of amides is 1. The highest BCUT2D eigenvalue weighted by Crippen LogP contribution is 2.22. The second kappa shape index (κ2) is 7.96. The van der Waals surface area contributed by atoms with Crippen LogP contribution in [-0.2, 0) is 4.79 Å². The van der Waals surface area contributed by atoms with E-state index in [-0.39, 0.29) is 24.6 Å². The van der Waals surface area contributed by atoms with Gasteiger partial charge in [-0.1, -0.05) is 0 Å². The largest absolute Gasteiger partial charge is 0.382 e. The van der Waals surface area contributed by atoms with Gasteiger partial charge in [0, 0.05) is 43.5 Å². The van der Waals surface area contributed by atoms with Crippen molar-refractivity contribution in [2.75, 3.05) is 35.2 Å². The summed E-state index contributed by atoms with van der Waals surface area (Å²) in [5, 5.41) is 5.61. The molecule has 2 aromatic carbocycles. The van der Waals surface area contributed by atoms with Crippen molar-refractivity contribution in [2.45, 2.75) is 19.3 Å². The molecular formula is C19H21F2N3O. The molecule has 1 saturated heterocycles. The Hall–Kier alpha value is -2.63. The first-order valence-electron chi connectivity index (χ1n) is 8.45. The molecule has 6 heteroatoms. The van der Waals surface area contributed by atoms with Crippen LogP contribution in [0.4, 0.5) is 25.8 Å². The normalized spacial score (nSPS) is 13.8. The summed E-state index contributed by atoms with van der Waals surface area (Å²) >= 11 is 0. The summed E-state index contributed by atoms with van der Waals surface area (Å²) in [4.78, 5) is 14.3. The van der Waals surface area contributed by atoms with Crippen molar-refractivity contribution in [1.29, 1.82) is 0 Å². The van der Waals surface area contributed by atoms with Crippen LogP contribution in [0.15, 0.2) is 42.5 Å². The molecule has 1 aliphatic heterocycles. The van der Waals surface area contributed by atoms with E-state index in [4.69, 9.17) is 0 Å². The highest BCUT2D eigenvalue weighted by molar-refractivity contribution is 5.91. The minimum Gasteiger partial charge on any atom is -0.382 e. The van der Waals surface area contributed by atoms with E-state index in [1.807, 2.05) is 24.3 Å². The molecule has 1 heterocycles. The molecule has 1 fully saturated rings. The zero-order chi connectivity index (χ0) is 17.6. The van der Waals surface area contributed by atoms with Crippen molar-refractivity contribution in [3.63, 3.8) is 0 Å². The number of nitrogens with zero attached hydrogens (tertiary/aromatic N) is 1. The summed E-state index contributed by atoms with van der Waals surface area (Å²) in [6.07, 6.45) is 2.63. The molecule has 0 unspecified atom stereocenters. The van der Waals surface area contributed by atoms with E-state index in [9.17, 15) is 13.6 Å². The van der Waals surface area contributed by atoms with E-state index in [1.165, 1.54) is 30.7 Å². The maximum absolute atomic E-state index is 13.5. The van der Waals surface area contributed by atoms with E-state index in [0.717, 1.165) is 24.8 Å². The number of benzene rings is 2. The smallest absolute Gasteiger partial charge is 0.226 e. The van der Waals surface area contributed by atoms with Gasteiger partial charge in [-0.15, -0.1) is 0 Å². The van der Waals surface area contributed by atoms with Gasteiger partial charge in [0.05, 0.1) is 5.69 Å². The van der Waals surface area contributed by atoms with Crippen molar-refractivity contribution in [3.05, 3.63) is 54.1 Å². The molecule has 0 spiro atoms. The molecular weight excluding hydrogens is 324 g/mol. The molecule has 25 heavy (non-hydrogen) atoms. The Labute approximate surface area is 145 Å². The van der Waals surface area contributed by atoms with Crippen molar-refractivity contribution < 1.29 is 13.6 Å². The topological polar surface area (TPSA) is 44.4 Å². The van der Waals surface area contributed by atoms with Crippen LogP contribution in [0, 0.1) is 11.6 Å². The van der Waals surface area contributed by atoms with Gasteiger partial charge in [0.2, 0.25) is 5.91 Å². The molecule has 0 saturated carbocycles. The summed E-state index contributed by atoms with van der Waals surface area (Å²) < 4.78 is 26.3. The second-order valence-electron chi connectivity index (χ2n) is 6.09. The first kappa shape index (κ1) is 17.2. The molecule has 0 radical (unpaired) electrons. The molecule has 3 rings (SSSR count). The van der Waals surface area contributed by atoms with E-state index < -0.39 is 11.6 Å². The Morgan fingerprint density at radius 3 is 2.44 bits per heavy atom. The summed E-state index contributed by atoms with van der Waals surface area (Å²) in [5.41, 5.74) is 2.09. The van der Waals surface area contributed by atoms with Crippen LogP contribution in [0.5, 0.6) is 0 Å². The number of anilines is 3. The van der Waals surface area contributed by atoms with Crippen LogP contribution in [-0.4, -0.2) is 25.5 Å². The number of nitrogens with one attached hydrogen (secondary N) is 2. The highest BCUT2D eigenvalue weighted by atomic mass is 19.1. The van der Waals surface area contributed by atoms with E-state index in [2.05, 4.69) is 15.5 Å². The summed E-state index contributed by atoms with van der Waals surface area (Å²) in [6, 6.07) is 11.1. The van der Waals surface area contributed by atoms with Crippen molar-refractivity contribution in [1.82, 2.24) is 0 Å². The van der Waals surface area contributed by atoms with Gasteiger partial charge in [-0.05, 0) is 49.2 Å². The molecule has 1 amide bonds. The standard InChI is InChI=1S/C19H21F2N3O/c20-14-3-8-18(17(21)13-14)22-10-9-19(25)23-15-4-6-16(7-5-15)24-11-1-2-12-24/h3-8,13,22H,1-2,9-12H2,(H,23,25). The van der Waals surface area contributed by atoms with Gasteiger partial charge in [-0.25, -0.2) is 8.78 Å². The second-order valence-corrected chi connectivity index (χ2v) is 6.09. The average molecular weight is 345 g/mol. The number of halogens is 2. The third kappa shape index (κ3) is 4.68. The molecule has 4 nitrogen and oxygen atoms in total. The molecule has 0 bridgehead atoms. The number of hydrogen-bond donors (Lipinski definition) is 2. The minimum atomic E-state index is -0.669. The number of carbonyl (C=O) groups is 1. The lowest BCUT2D eigenvalue weighted by Gasteiger charge is -2.17. The van der Waals surface area contributed by atoms with Gasteiger partial charge in [0.15, 0.2) is 0 Å². The fraction of sp³-hybridized carbons (Fsp3) is 0.316. The molecule has 0 atom stereocenters.